The van der Waals surface area contributed by atoms with Crippen molar-refractivity contribution in [3.05, 3.63) is 77.9 Å². The molecular formula is C25H22N2O4S. The molecule has 32 heavy (non-hydrogen) atoms. The number of hydrogen-bond acceptors (Lipinski definition) is 6. The molecule has 0 spiro atoms. The smallest absolute Gasteiger partial charge is 0.273 e. The number of nitrogens with zero attached hydrogens (tertiary/aromatic N) is 2. The molecule has 1 aliphatic heterocycles. The van der Waals surface area contributed by atoms with Crippen LogP contribution in [0.5, 0.6) is 17.2 Å². The number of carbonyl (C=O) groups is 1. The van der Waals surface area contributed by atoms with Crippen LogP contribution in [0.3, 0.4) is 0 Å². The number of methoxy groups -OCH3 is 1. The van der Waals surface area contributed by atoms with Gasteiger partial charge in [0.15, 0.2) is 16.6 Å². The lowest BCUT2D eigenvalue weighted by Gasteiger charge is -2.29. The highest BCUT2D eigenvalue weighted by atomic mass is 32.1. The molecule has 1 amide bonds. The van der Waals surface area contributed by atoms with Crippen molar-refractivity contribution in [3.63, 3.8) is 0 Å². The van der Waals surface area contributed by atoms with Gasteiger partial charge in [-0.05, 0) is 36.2 Å². The Kier molecular flexibility index (Phi) is 5.41. The first-order valence-corrected chi connectivity index (χ1v) is 11.1. The van der Waals surface area contributed by atoms with Gasteiger partial charge in [0.2, 0.25) is 6.10 Å². The van der Waals surface area contributed by atoms with E-state index in [9.17, 15) is 4.79 Å². The molecule has 0 aliphatic carbocycles. The fourth-order valence-electron chi connectivity index (χ4n) is 3.70. The number of aromatic nitrogens is 1. The molecule has 7 heteroatoms. The van der Waals surface area contributed by atoms with E-state index in [0.29, 0.717) is 28.9 Å². The summed E-state index contributed by atoms with van der Waals surface area (Å²) in [6, 6.07) is 21.1. The molecule has 0 N–H and O–H groups in total. The lowest BCUT2D eigenvalue weighted by molar-refractivity contribution is -0.127. The molecule has 0 fully saturated rings. The van der Waals surface area contributed by atoms with Gasteiger partial charge in [0.05, 0.1) is 18.4 Å². The SMILES string of the molecule is COc1ccc(C)c2sc(N(Cc3ccccc3)C(=O)C3COc4ccccc4O3)nc12. The molecule has 6 nitrogen and oxygen atoms in total. The summed E-state index contributed by atoms with van der Waals surface area (Å²) in [5, 5.41) is 0.601. The second-order valence-electron chi connectivity index (χ2n) is 7.53. The number of anilines is 1. The molecular weight excluding hydrogens is 424 g/mol. The van der Waals surface area contributed by atoms with E-state index in [2.05, 4.69) is 0 Å². The van der Waals surface area contributed by atoms with Gasteiger partial charge in [0.25, 0.3) is 5.91 Å². The summed E-state index contributed by atoms with van der Waals surface area (Å²) in [5.74, 6) is 1.70. The van der Waals surface area contributed by atoms with Gasteiger partial charge in [-0.25, -0.2) is 4.98 Å². The van der Waals surface area contributed by atoms with Crippen molar-refractivity contribution in [3.8, 4) is 17.2 Å². The number of aryl methyl sites for hydroxylation is 1. The van der Waals surface area contributed by atoms with Crippen LogP contribution in [0.4, 0.5) is 5.13 Å². The van der Waals surface area contributed by atoms with Gasteiger partial charge in [0, 0.05) is 0 Å². The average Bonchev–Trinajstić information content (AvgIpc) is 3.29. The van der Waals surface area contributed by atoms with Crippen molar-refractivity contribution in [1.82, 2.24) is 4.98 Å². The zero-order chi connectivity index (χ0) is 22.1. The first kappa shape index (κ1) is 20.3. The number of benzene rings is 3. The zero-order valence-corrected chi connectivity index (χ0v) is 18.6. The molecule has 1 aliphatic rings. The fourth-order valence-corrected chi connectivity index (χ4v) is 4.76. The van der Waals surface area contributed by atoms with E-state index in [1.165, 1.54) is 11.3 Å². The Morgan fingerprint density at radius 3 is 2.62 bits per heavy atom. The Hall–Kier alpha value is -3.58. The number of fused-ring (bicyclic) bond motifs is 2. The van der Waals surface area contributed by atoms with Gasteiger partial charge < -0.3 is 14.2 Å². The molecule has 162 valence electrons. The third kappa shape index (κ3) is 3.76. The van der Waals surface area contributed by atoms with Gasteiger partial charge in [-0.15, -0.1) is 0 Å². The molecule has 0 saturated carbocycles. The minimum absolute atomic E-state index is 0.147. The number of ether oxygens (including phenoxy) is 3. The molecule has 1 aromatic heterocycles. The predicted octanol–water partition coefficient (Wildman–Crippen LogP) is 4.99. The zero-order valence-electron chi connectivity index (χ0n) is 17.8. The maximum atomic E-state index is 13.7. The maximum absolute atomic E-state index is 13.7. The second-order valence-corrected chi connectivity index (χ2v) is 8.51. The highest BCUT2D eigenvalue weighted by molar-refractivity contribution is 7.22. The molecule has 3 aromatic carbocycles. The van der Waals surface area contributed by atoms with E-state index in [1.54, 1.807) is 12.0 Å². The van der Waals surface area contributed by atoms with Gasteiger partial charge in [0.1, 0.15) is 17.9 Å². The Bertz CT molecular complexity index is 1270. The fraction of sp³-hybridized carbons (Fsp3) is 0.200. The van der Waals surface area contributed by atoms with Crippen molar-refractivity contribution < 1.29 is 19.0 Å². The van der Waals surface area contributed by atoms with E-state index in [0.717, 1.165) is 21.3 Å². The van der Waals surface area contributed by atoms with Crippen molar-refractivity contribution in [1.29, 1.82) is 0 Å². The Morgan fingerprint density at radius 2 is 1.84 bits per heavy atom. The summed E-state index contributed by atoms with van der Waals surface area (Å²) in [7, 11) is 1.63. The highest BCUT2D eigenvalue weighted by Gasteiger charge is 2.33. The van der Waals surface area contributed by atoms with Crippen LogP contribution in [-0.4, -0.2) is 30.7 Å². The molecule has 2 heterocycles. The number of carbonyl (C=O) groups excluding carboxylic acids is 1. The molecule has 1 atom stereocenters. The third-order valence-corrected chi connectivity index (χ3v) is 6.59. The lowest BCUT2D eigenvalue weighted by Crippen LogP contribution is -2.46. The largest absolute Gasteiger partial charge is 0.494 e. The summed E-state index contributed by atoms with van der Waals surface area (Å²) in [6.07, 6.45) is -0.761. The van der Waals surface area contributed by atoms with Crippen molar-refractivity contribution in [2.24, 2.45) is 0 Å². The minimum atomic E-state index is -0.761. The van der Waals surface area contributed by atoms with Crippen LogP contribution in [0.25, 0.3) is 10.2 Å². The number of rotatable bonds is 5. The van der Waals surface area contributed by atoms with Crippen molar-refractivity contribution in [2.45, 2.75) is 19.6 Å². The summed E-state index contributed by atoms with van der Waals surface area (Å²) >= 11 is 1.48. The minimum Gasteiger partial charge on any atom is -0.494 e. The molecule has 4 aromatic rings. The second kappa shape index (κ2) is 8.51. The van der Waals surface area contributed by atoms with Crippen LogP contribution < -0.4 is 19.1 Å². The number of para-hydroxylation sites is 2. The van der Waals surface area contributed by atoms with Crippen LogP contribution in [-0.2, 0) is 11.3 Å². The van der Waals surface area contributed by atoms with Crippen molar-refractivity contribution >= 4 is 32.6 Å². The summed E-state index contributed by atoms with van der Waals surface area (Å²) < 4.78 is 18.3. The molecule has 0 saturated heterocycles. The molecule has 5 rings (SSSR count). The van der Waals surface area contributed by atoms with E-state index >= 15 is 0 Å². The summed E-state index contributed by atoms with van der Waals surface area (Å²) in [4.78, 5) is 20.2. The summed E-state index contributed by atoms with van der Waals surface area (Å²) in [6.45, 7) is 2.55. The highest BCUT2D eigenvalue weighted by Crippen LogP contribution is 2.38. The maximum Gasteiger partial charge on any atom is 0.273 e. The van der Waals surface area contributed by atoms with E-state index in [1.807, 2.05) is 73.7 Å². The van der Waals surface area contributed by atoms with Gasteiger partial charge in [-0.1, -0.05) is 59.9 Å². The Balaban J connectivity index is 1.53. The van der Waals surface area contributed by atoms with Gasteiger partial charge >= 0.3 is 0 Å². The van der Waals surface area contributed by atoms with Crippen molar-refractivity contribution in [2.75, 3.05) is 18.6 Å². The van der Waals surface area contributed by atoms with Crippen LogP contribution in [0.1, 0.15) is 11.1 Å². The molecule has 0 radical (unpaired) electrons. The number of hydrogen-bond donors (Lipinski definition) is 0. The van der Waals surface area contributed by atoms with E-state index in [-0.39, 0.29) is 12.5 Å². The van der Waals surface area contributed by atoms with E-state index in [4.69, 9.17) is 19.2 Å². The first-order chi connectivity index (χ1) is 15.6. The lowest BCUT2D eigenvalue weighted by atomic mass is 10.2. The Morgan fingerprint density at radius 1 is 1.09 bits per heavy atom. The standard InChI is InChI=1S/C25H22N2O4S/c1-16-12-13-20(29-2)22-23(16)32-25(26-22)27(14-17-8-4-3-5-9-17)24(28)21-15-30-18-10-6-7-11-19(18)31-21/h3-13,21H,14-15H2,1-2H3. The average molecular weight is 447 g/mol. The van der Waals surface area contributed by atoms with Crippen LogP contribution >= 0.6 is 11.3 Å². The molecule has 1 unspecified atom stereocenters. The normalized spacial score (nSPS) is 14.9. The topological polar surface area (TPSA) is 60.9 Å². The third-order valence-electron chi connectivity index (χ3n) is 5.38. The quantitative estimate of drug-likeness (QED) is 0.432. The number of amides is 1. The predicted molar refractivity (Wildman–Crippen MR) is 125 cm³/mol. The monoisotopic (exact) mass is 446 g/mol. The van der Waals surface area contributed by atoms with Gasteiger partial charge in [-0.3, -0.25) is 9.69 Å². The van der Waals surface area contributed by atoms with Crippen LogP contribution in [0.2, 0.25) is 0 Å². The Labute approximate surface area is 190 Å². The van der Waals surface area contributed by atoms with Crippen LogP contribution in [0, 0.1) is 6.92 Å². The summed E-state index contributed by atoms with van der Waals surface area (Å²) in [5.41, 5.74) is 2.84. The van der Waals surface area contributed by atoms with Crippen LogP contribution in [0.15, 0.2) is 66.7 Å². The first-order valence-electron chi connectivity index (χ1n) is 10.3. The van der Waals surface area contributed by atoms with E-state index < -0.39 is 6.10 Å². The van der Waals surface area contributed by atoms with Gasteiger partial charge in [-0.2, -0.15) is 0 Å². The molecule has 0 bridgehead atoms. The number of thiazole rings is 1.